The molecule has 0 aliphatic carbocycles. The number of nitrogens with zero attached hydrogens (tertiary/aromatic N) is 15. The number of ketones is 1. The molecule has 33 heteroatoms. The minimum atomic E-state index is -3.54. The van der Waals surface area contributed by atoms with E-state index in [0.717, 1.165) is 137 Å². The molecule has 96 heavy (non-hydrogen) atoms. The highest BCUT2D eigenvalue weighted by atomic mass is 79.9. The monoisotopic (exact) mass is 1460 g/mol. The third-order valence-electron chi connectivity index (χ3n) is 17.5. The van der Waals surface area contributed by atoms with Gasteiger partial charge in [-0.05, 0) is 130 Å². The van der Waals surface area contributed by atoms with Gasteiger partial charge in [0.05, 0.1) is 17.2 Å². The number of Topliss-reactive ketones (excluding diaryl/α,β-unsaturated/α-hetero) is 1. The first-order valence-electron chi connectivity index (χ1n) is 32.4. The number of sulfone groups is 1. The van der Waals surface area contributed by atoms with Crippen LogP contribution in [0, 0.1) is 12.8 Å². The number of H-pyrrole nitrogens is 4. The van der Waals surface area contributed by atoms with Gasteiger partial charge in [-0.2, -0.15) is 20.2 Å². The van der Waals surface area contributed by atoms with Gasteiger partial charge in [0.25, 0.3) is 0 Å². The number of halogens is 3. The molecule has 518 valence electrons. The second-order valence-corrected chi connectivity index (χ2v) is 30.4. The van der Waals surface area contributed by atoms with Gasteiger partial charge in [0, 0.05) is 117 Å². The summed E-state index contributed by atoms with van der Waals surface area (Å²) in [6.07, 6.45) is 8.25. The summed E-state index contributed by atoms with van der Waals surface area (Å²) in [5.41, 5.74) is 21.7. The van der Waals surface area contributed by atoms with E-state index in [2.05, 4.69) is 153 Å². The molecule has 0 unspecified atom stereocenters. The summed E-state index contributed by atoms with van der Waals surface area (Å²) in [6.45, 7) is 14.9. The standard InChI is InChI=1S/C24H32BrN7O2S.C22H33ClN6O3S.C17H23ClN10/c1-18-2-8-22(9-3-18)35(33,34)27-13-17-31(14-10-19-4-6-20(25)7-5-19)21-11-15-32(16-12-21)24-28-23(26)29-30-24;1-16(2)20(30)15-33(31,32)14-13-28(10-7-17-3-5-18(23)6-4-17)19-8-11-29(12-9-19)22-25-21(24)26-27-22;18-13-3-1-12(2-4-13)5-8-28(11-15-21-25-26-22-15)14-6-9-27(10-7-14)17-20-16(19)23-24-17/h2-9,21,27H,10-17H2,1H3,(H3,26,28,29,30);3-6,16,19H,7-15H2,1-2H3,(H3,24,25,26,27);1-4,14H,5-11H2,(H3,19,20,23,24)(H,21,22,25,26). The normalized spacial score (nSPS) is 15.3. The van der Waals surface area contributed by atoms with Crippen molar-refractivity contribution in [2.75, 3.05) is 122 Å². The van der Waals surface area contributed by atoms with Crippen molar-refractivity contribution in [3.05, 3.63) is 140 Å². The number of tetrazole rings is 1. The first kappa shape index (κ1) is 72.9. The number of rotatable bonds is 28. The van der Waals surface area contributed by atoms with Crippen LogP contribution in [-0.4, -0.2) is 212 Å². The maximum atomic E-state index is 12.7. The van der Waals surface area contributed by atoms with E-state index in [9.17, 15) is 21.6 Å². The maximum absolute atomic E-state index is 12.7. The van der Waals surface area contributed by atoms with Crippen LogP contribution in [-0.2, 0) is 50.5 Å². The molecule has 28 nitrogen and oxygen atoms in total. The SMILES string of the molecule is CC(C)C(=O)CS(=O)(=O)CCN(CCc1ccc(Cl)cc1)C1CCN(c2n[nH]c(N)n2)CC1.Cc1ccc(S(=O)(=O)NCCN(CCc2ccc(Br)cc2)C2CCN(c3n[nH]c(N)n3)CC2)cc1.Nc1nc(N2CCC(N(CCc3ccc(Cl)cc3)Cc3nn[nH]n3)CC2)n[nH]1. The van der Waals surface area contributed by atoms with Gasteiger partial charge in [0.1, 0.15) is 11.5 Å². The van der Waals surface area contributed by atoms with E-state index in [0.29, 0.717) is 83.7 Å². The number of nitrogens with two attached hydrogens (primary N) is 3. The van der Waals surface area contributed by atoms with E-state index >= 15 is 0 Å². The highest BCUT2D eigenvalue weighted by Crippen LogP contribution is 2.26. The Morgan fingerprint density at radius 2 is 0.990 bits per heavy atom. The third-order valence-corrected chi connectivity index (χ3v) is 21.6. The molecule has 0 radical (unpaired) electrons. The second-order valence-electron chi connectivity index (χ2n) is 24.6. The molecule has 0 saturated carbocycles. The second kappa shape index (κ2) is 35.2. The van der Waals surface area contributed by atoms with Crippen LogP contribution in [0.15, 0.2) is 106 Å². The molecule has 11 rings (SSSR count). The Kier molecular flexibility index (Phi) is 26.8. The maximum Gasteiger partial charge on any atom is 0.246 e. The van der Waals surface area contributed by atoms with Crippen molar-refractivity contribution >= 4 is 100 Å². The van der Waals surface area contributed by atoms with Crippen molar-refractivity contribution in [3.63, 3.8) is 0 Å². The van der Waals surface area contributed by atoms with Gasteiger partial charge in [-0.15, -0.1) is 25.5 Å². The summed E-state index contributed by atoms with van der Waals surface area (Å²) in [5, 5.41) is 36.5. The number of hydrogen-bond donors (Lipinski definition) is 8. The highest BCUT2D eigenvalue weighted by Gasteiger charge is 2.31. The summed E-state index contributed by atoms with van der Waals surface area (Å²) < 4.78 is 54.5. The van der Waals surface area contributed by atoms with E-state index in [1.165, 1.54) is 11.1 Å². The van der Waals surface area contributed by atoms with Gasteiger partial charge in [0.15, 0.2) is 15.7 Å². The molecule has 0 bridgehead atoms. The number of anilines is 6. The molecule has 4 aromatic carbocycles. The van der Waals surface area contributed by atoms with Crippen molar-refractivity contribution < 1.29 is 21.6 Å². The predicted molar refractivity (Wildman–Crippen MR) is 379 cm³/mol. The van der Waals surface area contributed by atoms with E-state index in [1.54, 1.807) is 26.0 Å². The number of aromatic nitrogens is 13. The number of aryl methyl sites for hydroxylation is 1. The van der Waals surface area contributed by atoms with E-state index in [1.807, 2.05) is 55.5 Å². The largest absolute Gasteiger partial charge is 0.368 e. The van der Waals surface area contributed by atoms with Crippen LogP contribution in [0.2, 0.25) is 10.0 Å². The minimum absolute atomic E-state index is 0.0241. The summed E-state index contributed by atoms with van der Waals surface area (Å²) in [4.78, 5) is 38.4. The number of aromatic amines is 4. The third kappa shape index (κ3) is 22.6. The number of sulfonamides is 1. The summed E-state index contributed by atoms with van der Waals surface area (Å²) in [5.74, 6) is 2.63. The van der Waals surface area contributed by atoms with E-state index in [-0.39, 0.29) is 35.2 Å². The lowest BCUT2D eigenvalue weighted by molar-refractivity contribution is -0.119. The Balaban J connectivity index is 0.000000170. The first-order chi connectivity index (χ1) is 46.1. The van der Waals surface area contributed by atoms with Crippen LogP contribution >= 0.6 is 39.1 Å². The highest BCUT2D eigenvalue weighted by molar-refractivity contribution is 9.10. The summed E-state index contributed by atoms with van der Waals surface area (Å²) in [7, 11) is -7.00. The summed E-state index contributed by atoms with van der Waals surface area (Å²) in [6, 6.07) is 32.0. The van der Waals surface area contributed by atoms with E-state index in [4.69, 9.17) is 40.4 Å². The molecule has 3 fully saturated rings. The number of carbonyl (C=O) groups is 1. The molecule has 4 aromatic heterocycles. The topological polar surface area (TPSA) is 374 Å². The zero-order chi connectivity index (χ0) is 68.2. The number of carbonyl (C=O) groups excluding carboxylic acids is 1. The Morgan fingerprint density at radius 3 is 1.39 bits per heavy atom. The predicted octanol–water partition coefficient (Wildman–Crippen LogP) is 6.41. The lowest BCUT2D eigenvalue weighted by Gasteiger charge is -2.38. The van der Waals surface area contributed by atoms with Crippen molar-refractivity contribution in [2.45, 2.75) is 108 Å². The van der Waals surface area contributed by atoms with Crippen LogP contribution in [0.25, 0.3) is 0 Å². The molecule has 3 saturated heterocycles. The zero-order valence-corrected chi connectivity index (χ0v) is 59.2. The van der Waals surface area contributed by atoms with Crippen molar-refractivity contribution in [1.29, 1.82) is 0 Å². The molecule has 3 aliphatic heterocycles. The van der Waals surface area contributed by atoms with Crippen LogP contribution in [0.5, 0.6) is 0 Å². The van der Waals surface area contributed by atoms with Gasteiger partial charge >= 0.3 is 0 Å². The molecule has 7 heterocycles. The molecular formula is C63H88BrCl2N23O5S2. The van der Waals surface area contributed by atoms with Gasteiger partial charge in [-0.3, -0.25) is 19.5 Å². The smallest absolute Gasteiger partial charge is 0.246 e. The Labute approximate surface area is 579 Å². The Bertz CT molecular complexity index is 3860. The lowest BCUT2D eigenvalue weighted by atomic mass is 10.0. The number of hydrogen-bond acceptors (Lipinski definition) is 23. The van der Waals surface area contributed by atoms with Crippen LogP contribution < -0.4 is 36.6 Å². The molecule has 3 aliphatic rings. The zero-order valence-electron chi connectivity index (χ0n) is 54.4. The Morgan fingerprint density at radius 1 is 0.583 bits per heavy atom. The van der Waals surface area contributed by atoms with Gasteiger partial charge < -0.3 is 31.9 Å². The number of benzene rings is 4. The van der Waals surface area contributed by atoms with Gasteiger partial charge in [0.2, 0.25) is 45.7 Å². The fraction of sp³-hybridized carbons (Fsp3) is 0.492. The average Bonchev–Trinajstić information content (AvgIpc) is 1.15. The van der Waals surface area contributed by atoms with Crippen molar-refractivity contribution in [2.24, 2.45) is 5.92 Å². The molecule has 11 N–H and O–H groups in total. The molecule has 0 amide bonds. The van der Waals surface area contributed by atoms with Crippen LogP contribution in [0.3, 0.4) is 0 Å². The molecule has 0 atom stereocenters. The fourth-order valence-electron chi connectivity index (χ4n) is 11.9. The van der Waals surface area contributed by atoms with Crippen molar-refractivity contribution in [1.82, 2.24) is 85.6 Å². The molecule has 0 spiro atoms. The molecular weight excluding hydrogens is 1370 g/mol. The minimum Gasteiger partial charge on any atom is -0.368 e. The average molecular weight is 1460 g/mol. The fourth-order valence-corrected chi connectivity index (χ4v) is 14.9. The lowest BCUT2D eigenvalue weighted by Crippen LogP contribution is -2.48. The van der Waals surface area contributed by atoms with Gasteiger partial charge in [-0.25, -0.2) is 36.9 Å². The van der Waals surface area contributed by atoms with Crippen LogP contribution in [0.4, 0.5) is 35.7 Å². The number of nitrogen functional groups attached to an aromatic ring is 3. The van der Waals surface area contributed by atoms with Crippen LogP contribution in [0.1, 0.15) is 80.5 Å². The van der Waals surface area contributed by atoms with E-state index < -0.39 is 19.9 Å². The first-order valence-corrected chi connectivity index (χ1v) is 37.2. The summed E-state index contributed by atoms with van der Waals surface area (Å²) >= 11 is 15.5. The van der Waals surface area contributed by atoms with Gasteiger partial charge in [-0.1, -0.05) is 112 Å². The number of piperidine rings is 3. The molecule has 8 aromatic rings. The Hall–Kier alpha value is -7.36. The van der Waals surface area contributed by atoms with Crippen molar-refractivity contribution in [3.8, 4) is 0 Å². The quantitative estimate of drug-likeness (QED) is 0.0262. The number of nitrogens with one attached hydrogen (secondary N) is 5.